The molecular formula is C54H104NO12P. The molecule has 1 aliphatic carbocycles. The first kappa shape index (κ1) is 64.8. The van der Waals surface area contributed by atoms with Crippen molar-refractivity contribution in [3.63, 3.8) is 0 Å². The highest BCUT2D eigenvalue weighted by Crippen LogP contribution is 2.47. The Labute approximate surface area is 414 Å². The van der Waals surface area contributed by atoms with E-state index in [1.165, 1.54) is 179 Å². The molecule has 1 rings (SSSR count). The lowest BCUT2D eigenvalue weighted by atomic mass is 9.85. The highest BCUT2D eigenvalue weighted by atomic mass is 31.2. The van der Waals surface area contributed by atoms with Crippen molar-refractivity contribution >= 4 is 13.7 Å². The molecule has 8 atom stereocenters. The molecule has 13 nitrogen and oxygen atoms in total. The number of phosphoric acid groups is 1. The van der Waals surface area contributed by atoms with Gasteiger partial charge in [-0.15, -0.1) is 0 Å². The van der Waals surface area contributed by atoms with Gasteiger partial charge in [-0.2, -0.15) is 0 Å². The van der Waals surface area contributed by atoms with Gasteiger partial charge in [-0.05, 0) is 32.1 Å². The first-order chi connectivity index (χ1) is 32.8. The molecule has 0 radical (unpaired) electrons. The van der Waals surface area contributed by atoms with E-state index in [1.54, 1.807) is 6.08 Å². The van der Waals surface area contributed by atoms with Gasteiger partial charge in [-0.1, -0.05) is 237 Å². The fraction of sp³-hybridized carbons (Fsp3) is 0.907. The number of amides is 1. The van der Waals surface area contributed by atoms with E-state index in [-0.39, 0.29) is 6.42 Å². The predicted molar refractivity (Wildman–Crippen MR) is 275 cm³/mol. The number of phosphoric ester groups is 1. The second kappa shape index (κ2) is 43.4. The van der Waals surface area contributed by atoms with Crippen LogP contribution in [0.25, 0.3) is 0 Å². The molecule has 68 heavy (non-hydrogen) atoms. The van der Waals surface area contributed by atoms with Crippen molar-refractivity contribution < 1.29 is 59.0 Å². The highest BCUT2D eigenvalue weighted by Gasteiger charge is 2.51. The highest BCUT2D eigenvalue weighted by molar-refractivity contribution is 7.47. The number of hydrogen-bond acceptors (Lipinski definition) is 11. The lowest BCUT2D eigenvalue weighted by Crippen LogP contribution is -2.64. The molecule has 0 aromatic rings. The summed E-state index contributed by atoms with van der Waals surface area (Å²) >= 11 is 0. The zero-order valence-corrected chi connectivity index (χ0v) is 43.9. The summed E-state index contributed by atoms with van der Waals surface area (Å²) in [7, 11) is -5.15. The van der Waals surface area contributed by atoms with E-state index in [9.17, 15) is 50.0 Å². The van der Waals surface area contributed by atoms with Gasteiger partial charge in [-0.3, -0.25) is 13.8 Å². The van der Waals surface area contributed by atoms with E-state index in [4.69, 9.17) is 9.05 Å². The Morgan fingerprint density at radius 3 is 1.29 bits per heavy atom. The topological polar surface area (TPSA) is 226 Å². The average molecular weight is 990 g/mol. The standard InChI is InChI=1S/C54H104NO12P/c1-3-5-7-9-11-13-15-17-19-21-23-24-25-27-29-31-33-35-37-39-41-45(56)43-48(58)55-46(44-66-68(64,65)67-54-52(62)50(60)49(59)51(61)53(54)63)47(57)42-40-38-36-34-32-30-28-26-22-20-18-16-14-12-10-8-6-4-2/h32,34,40,42,45-47,49-54,56-57,59-63H,3-31,33,35-39,41,43-44H2,1-2H3,(H,55,58)(H,64,65)/b34-32+,42-40+. The summed E-state index contributed by atoms with van der Waals surface area (Å²) in [6, 6.07) is -1.25. The quantitative estimate of drug-likeness (QED) is 0.0158. The maximum Gasteiger partial charge on any atom is 0.472 e. The fourth-order valence-electron chi connectivity index (χ4n) is 9.02. The van der Waals surface area contributed by atoms with E-state index in [1.807, 2.05) is 0 Å². The van der Waals surface area contributed by atoms with Gasteiger partial charge in [0.15, 0.2) is 0 Å². The van der Waals surface area contributed by atoms with Crippen LogP contribution >= 0.6 is 7.82 Å². The Morgan fingerprint density at radius 2 is 0.868 bits per heavy atom. The molecule has 14 heteroatoms. The monoisotopic (exact) mass is 990 g/mol. The molecule has 8 unspecified atom stereocenters. The molecule has 1 aliphatic rings. The largest absolute Gasteiger partial charge is 0.472 e. The van der Waals surface area contributed by atoms with Crippen molar-refractivity contribution in [3.05, 3.63) is 24.3 Å². The van der Waals surface area contributed by atoms with Crippen LogP contribution < -0.4 is 5.32 Å². The van der Waals surface area contributed by atoms with Crippen LogP contribution in [0, 0.1) is 0 Å². The normalized spacial score (nSPS) is 22.2. The maximum absolute atomic E-state index is 13.1. The number of rotatable bonds is 47. The number of unbranched alkanes of at least 4 members (excludes halogenated alkanes) is 32. The summed E-state index contributed by atoms with van der Waals surface area (Å²) in [5.74, 6) is -0.598. The SMILES string of the molecule is CCCCCCCCCCCCCC/C=C/CC/C=C/C(O)C(COP(=O)(O)OC1C(O)C(O)C(O)C(O)C1O)NC(=O)CC(O)CCCCCCCCCCCCCCCCCCCCCC. The lowest BCUT2D eigenvalue weighted by Gasteiger charge is -2.41. The summed E-state index contributed by atoms with van der Waals surface area (Å²) < 4.78 is 23.0. The van der Waals surface area contributed by atoms with Crippen LogP contribution in [0.2, 0.25) is 0 Å². The third kappa shape index (κ3) is 34.2. The molecule has 0 heterocycles. The Balaban J connectivity index is 2.45. The molecule has 1 amide bonds. The summed E-state index contributed by atoms with van der Waals surface area (Å²) in [4.78, 5) is 23.6. The molecular weight excluding hydrogens is 886 g/mol. The predicted octanol–water partition coefficient (Wildman–Crippen LogP) is 11.1. The van der Waals surface area contributed by atoms with Gasteiger partial charge in [0.05, 0.1) is 31.3 Å². The van der Waals surface area contributed by atoms with Crippen LogP contribution in [0.1, 0.15) is 251 Å². The second-order valence-corrected chi connectivity index (χ2v) is 21.4. The summed E-state index contributed by atoms with van der Waals surface area (Å²) in [6.07, 6.45) is 36.9. The van der Waals surface area contributed by atoms with E-state index in [0.717, 1.165) is 44.9 Å². The Kier molecular flexibility index (Phi) is 41.3. The van der Waals surface area contributed by atoms with Gasteiger partial charge in [0.1, 0.15) is 36.6 Å². The van der Waals surface area contributed by atoms with Crippen LogP contribution in [-0.4, -0.2) is 108 Å². The molecule has 0 saturated heterocycles. The van der Waals surface area contributed by atoms with Crippen molar-refractivity contribution in [2.75, 3.05) is 6.61 Å². The minimum absolute atomic E-state index is 0.248. The fourth-order valence-corrected chi connectivity index (χ4v) is 9.99. The molecule has 0 aliphatic heterocycles. The number of nitrogens with one attached hydrogen (secondary N) is 1. The minimum Gasteiger partial charge on any atom is -0.393 e. The number of hydrogen-bond donors (Lipinski definition) is 9. The van der Waals surface area contributed by atoms with E-state index >= 15 is 0 Å². The summed E-state index contributed by atoms with van der Waals surface area (Å²) in [5, 5.41) is 74.8. The van der Waals surface area contributed by atoms with Gasteiger partial charge in [0, 0.05) is 0 Å². The first-order valence-corrected chi connectivity index (χ1v) is 29.4. The maximum atomic E-state index is 13.1. The minimum atomic E-state index is -5.15. The van der Waals surface area contributed by atoms with Crippen LogP contribution in [-0.2, 0) is 18.4 Å². The van der Waals surface area contributed by atoms with Gasteiger partial charge in [-0.25, -0.2) is 4.57 Å². The first-order valence-electron chi connectivity index (χ1n) is 27.9. The number of aliphatic hydroxyl groups excluding tert-OH is 7. The second-order valence-electron chi connectivity index (χ2n) is 20.0. The molecule has 0 aromatic heterocycles. The van der Waals surface area contributed by atoms with E-state index in [0.29, 0.717) is 12.8 Å². The summed E-state index contributed by atoms with van der Waals surface area (Å²) in [6.45, 7) is 3.77. The molecule has 1 saturated carbocycles. The van der Waals surface area contributed by atoms with Crippen LogP contribution in [0.4, 0.5) is 0 Å². The van der Waals surface area contributed by atoms with E-state index < -0.39 is 75.2 Å². The molecule has 1 fully saturated rings. The van der Waals surface area contributed by atoms with Crippen molar-refractivity contribution in [3.8, 4) is 0 Å². The van der Waals surface area contributed by atoms with Crippen molar-refractivity contribution in [2.45, 2.75) is 306 Å². The van der Waals surface area contributed by atoms with Crippen molar-refractivity contribution in [1.29, 1.82) is 0 Å². The van der Waals surface area contributed by atoms with Gasteiger partial charge >= 0.3 is 7.82 Å². The molecule has 9 N–H and O–H groups in total. The number of aliphatic hydroxyl groups is 7. The van der Waals surface area contributed by atoms with Crippen LogP contribution in [0.3, 0.4) is 0 Å². The number of allylic oxidation sites excluding steroid dienone is 3. The van der Waals surface area contributed by atoms with Gasteiger partial charge < -0.3 is 46.0 Å². The van der Waals surface area contributed by atoms with Crippen molar-refractivity contribution in [1.82, 2.24) is 5.32 Å². The van der Waals surface area contributed by atoms with Crippen molar-refractivity contribution in [2.24, 2.45) is 0 Å². The Morgan fingerprint density at radius 1 is 0.515 bits per heavy atom. The Bertz CT molecular complexity index is 1260. The third-order valence-electron chi connectivity index (χ3n) is 13.5. The van der Waals surface area contributed by atoms with Gasteiger partial charge in [0.25, 0.3) is 0 Å². The molecule has 0 spiro atoms. The van der Waals surface area contributed by atoms with Crippen LogP contribution in [0.15, 0.2) is 24.3 Å². The Hall–Kier alpha value is -1.22. The molecule has 0 bridgehead atoms. The average Bonchev–Trinajstić information content (AvgIpc) is 3.31. The molecule has 402 valence electrons. The third-order valence-corrected chi connectivity index (χ3v) is 14.5. The lowest BCUT2D eigenvalue weighted by molar-refractivity contribution is -0.220. The summed E-state index contributed by atoms with van der Waals surface area (Å²) in [5.41, 5.74) is 0. The number of carbonyl (C=O) groups excluding carboxylic acids is 1. The van der Waals surface area contributed by atoms with Gasteiger partial charge in [0.2, 0.25) is 5.91 Å². The zero-order valence-electron chi connectivity index (χ0n) is 43.0. The molecule has 0 aromatic carbocycles. The smallest absolute Gasteiger partial charge is 0.393 e. The number of carbonyl (C=O) groups is 1. The zero-order chi connectivity index (χ0) is 50.1. The van der Waals surface area contributed by atoms with E-state index in [2.05, 4.69) is 31.3 Å². The van der Waals surface area contributed by atoms with Crippen LogP contribution in [0.5, 0.6) is 0 Å².